The largest absolute Gasteiger partial charge is 0.352 e. The fraction of sp³-hybridized carbons (Fsp3) is 0.538. The number of carbonyl (C=O) groups excluding carboxylic acids is 1. The van der Waals surface area contributed by atoms with Gasteiger partial charge in [0.1, 0.15) is 17.5 Å². The first kappa shape index (κ1) is 24.1. The van der Waals surface area contributed by atoms with Crippen molar-refractivity contribution in [2.24, 2.45) is 0 Å². The van der Waals surface area contributed by atoms with Gasteiger partial charge in [-0.05, 0) is 44.0 Å². The Bertz CT molecular complexity index is 1120. The Morgan fingerprint density at radius 2 is 1.68 bits per heavy atom. The average Bonchev–Trinajstić information content (AvgIpc) is 3.19. The smallest absolute Gasteiger partial charge is 0.222 e. The molecule has 34 heavy (non-hydrogen) atoms. The quantitative estimate of drug-likeness (QED) is 0.423. The van der Waals surface area contributed by atoms with Crippen molar-refractivity contribution < 1.29 is 9.18 Å². The van der Waals surface area contributed by atoms with Crippen molar-refractivity contribution in [2.75, 3.05) is 31.1 Å². The number of rotatable bonds is 9. The molecule has 1 aliphatic rings. The summed E-state index contributed by atoms with van der Waals surface area (Å²) in [6.45, 7) is 9.15. The Morgan fingerprint density at radius 3 is 2.35 bits per heavy atom. The number of hydrogen-bond acceptors (Lipinski definition) is 5. The molecule has 3 heterocycles. The van der Waals surface area contributed by atoms with E-state index in [1.807, 2.05) is 11.8 Å². The second kappa shape index (κ2) is 10.9. The van der Waals surface area contributed by atoms with E-state index in [9.17, 15) is 9.18 Å². The summed E-state index contributed by atoms with van der Waals surface area (Å²) in [6, 6.07) is 6.32. The van der Waals surface area contributed by atoms with E-state index < -0.39 is 0 Å². The Balaban J connectivity index is 1.64. The summed E-state index contributed by atoms with van der Waals surface area (Å²) in [5.74, 6) is 1.66. The molecule has 1 amide bonds. The normalized spacial score (nSPS) is 14.2. The van der Waals surface area contributed by atoms with E-state index in [1.54, 1.807) is 16.8 Å². The molecule has 4 rings (SSSR count). The standard InChI is InChI=1S/C26H35FN6O/c1-4-6-8-10-23(34)31-15-17-32(18-16-31)25-24-19(3)30-33(21-13-11-20(27)12-14-21)26(24)29-22(28-25)9-7-5-2/h11-14H,4-10,15-18H2,1-3H3. The fourth-order valence-corrected chi connectivity index (χ4v) is 4.50. The minimum atomic E-state index is -0.280. The summed E-state index contributed by atoms with van der Waals surface area (Å²) in [7, 11) is 0. The summed E-state index contributed by atoms with van der Waals surface area (Å²) >= 11 is 0. The van der Waals surface area contributed by atoms with Gasteiger partial charge in [0.2, 0.25) is 5.91 Å². The molecular formula is C26H35FN6O. The molecule has 8 heteroatoms. The molecule has 0 atom stereocenters. The number of nitrogens with zero attached hydrogens (tertiary/aromatic N) is 6. The van der Waals surface area contributed by atoms with Crippen LogP contribution in [-0.4, -0.2) is 56.7 Å². The van der Waals surface area contributed by atoms with Gasteiger partial charge < -0.3 is 9.80 Å². The first-order valence-corrected chi connectivity index (χ1v) is 12.6. The van der Waals surface area contributed by atoms with Crippen molar-refractivity contribution in [3.05, 3.63) is 41.6 Å². The zero-order valence-corrected chi connectivity index (χ0v) is 20.6. The highest BCUT2D eigenvalue weighted by Crippen LogP contribution is 2.30. The summed E-state index contributed by atoms with van der Waals surface area (Å²) in [6.07, 6.45) is 6.68. The fourth-order valence-electron chi connectivity index (χ4n) is 4.50. The third-order valence-corrected chi connectivity index (χ3v) is 6.48. The number of piperazine rings is 1. The monoisotopic (exact) mass is 466 g/mol. The van der Waals surface area contributed by atoms with Gasteiger partial charge >= 0.3 is 0 Å². The van der Waals surface area contributed by atoms with Crippen LogP contribution in [0.5, 0.6) is 0 Å². The number of halogens is 1. The number of anilines is 1. The predicted molar refractivity (Wildman–Crippen MR) is 133 cm³/mol. The second-order valence-corrected chi connectivity index (χ2v) is 9.06. The molecule has 0 bridgehead atoms. The number of aryl methyl sites for hydroxylation is 2. The topological polar surface area (TPSA) is 67.2 Å². The first-order chi connectivity index (χ1) is 16.5. The number of amides is 1. The van der Waals surface area contributed by atoms with E-state index in [-0.39, 0.29) is 11.7 Å². The number of unbranched alkanes of at least 4 members (excludes halogenated alkanes) is 3. The molecule has 0 radical (unpaired) electrons. The second-order valence-electron chi connectivity index (χ2n) is 9.06. The zero-order chi connectivity index (χ0) is 24.1. The molecule has 1 saturated heterocycles. The number of aromatic nitrogens is 4. The summed E-state index contributed by atoms with van der Waals surface area (Å²) in [5, 5.41) is 5.68. The maximum Gasteiger partial charge on any atom is 0.222 e. The highest BCUT2D eigenvalue weighted by atomic mass is 19.1. The Kier molecular flexibility index (Phi) is 7.75. The van der Waals surface area contributed by atoms with Crippen molar-refractivity contribution in [1.82, 2.24) is 24.6 Å². The molecule has 1 aliphatic heterocycles. The molecular weight excluding hydrogens is 431 g/mol. The van der Waals surface area contributed by atoms with Crippen LogP contribution >= 0.6 is 0 Å². The van der Waals surface area contributed by atoms with E-state index in [0.717, 1.165) is 85.7 Å². The van der Waals surface area contributed by atoms with Crippen molar-refractivity contribution >= 4 is 22.8 Å². The maximum absolute atomic E-state index is 13.5. The van der Waals surface area contributed by atoms with Gasteiger partial charge in [-0.3, -0.25) is 4.79 Å². The van der Waals surface area contributed by atoms with Crippen molar-refractivity contribution in [2.45, 2.75) is 65.7 Å². The lowest BCUT2D eigenvalue weighted by molar-refractivity contribution is -0.131. The molecule has 1 fully saturated rings. The molecule has 2 aromatic heterocycles. The number of carbonyl (C=O) groups is 1. The minimum absolute atomic E-state index is 0.255. The average molecular weight is 467 g/mol. The zero-order valence-electron chi connectivity index (χ0n) is 20.6. The molecule has 182 valence electrons. The predicted octanol–water partition coefficient (Wildman–Crippen LogP) is 4.83. The van der Waals surface area contributed by atoms with E-state index in [2.05, 4.69) is 18.7 Å². The Morgan fingerprint density at radius 1 is 0.971 bits per heavy atom. The van der Waals surface area contributed by atoms with Crippen LogP contribution in [0.2, 0.25) is 0 Å². The lowest BCUT2D eigenvalue weighted by atomic mass is 10.1. The van der Waals surface area contributed by atoms with Crippen molar-refractivity contribution in [1.29, 1.82) is 0 Å². The molecule has 1 aromatic carbocycles. The third-order valence-electron chi connectivity index (χ3n) is 6.48. The first-order valence-electron chi connectivity index (χ1n) is 12.6. The van der Waals surface area contributed by atoms with E-state index in [4.69, 9.17) is 15.1 Å². The van der Waals surface area contributed by atoms with Crippen LogP contribution in [0.3, 0.4) is 0 Å². The summed E-state index contributed by atoms with van der Waals surface area (Å²) < 4.78 is 15.3. The maximum atomic E-state index is 13.5. The van der Waals surface area contributed by atoms with Crippen LogP contribution in [0.25, 0.3) is 16.7 Å². The molecule has 3 aromatic rings. The van der Waals surface area contributed by atoms with E-state index >= 15 is 0 Å². The molecule has 0 saturated carbocycles. The highest BCUT2D eigenvalue weighted by Gasteiger charge is 2.26. The van der Waals surface area contributed by atoms with Gasteiger partial charge in [-0.2, -0.15) is 5.10 Å². The summed E-state index contributed by atoms with van der Waals surface area (Å²) in [5.41, 5.74) is 2.36. The SMILES string of the molecule is CCCCCC(=O)N1CCN(c2nc(CCCC)nc3c2c(C)nn3-c2ccc(F)cc2)CC1. The molecule has 7 nitrogen and oxygen atoms in total. The van der Waals surface area contributed by atoms with Crippen molar-refractivity contribution in [3.63, 3.8) is 0 Å². The number of hydrogen-bond donors (Lipinski definition) is 0. The Labute approximate surface area is 201 Å². The highest BCUT2D eigenvalue weighted by molar-refractivity contribution is 5.91. The van der Waals surface area contributed by atoms with Crippen LogP contribution in [0, 0.1) is 12.7 Å². The lowest BCUT2D eigenvalue weighted by Crippen LogP contribution is -2.49. The van der Waals surface area contributed by atoms with Gasteiger partial charge in [-0.1, -0.05) is 33.1 Å². The van der Waals surface area contributed by atoms with Crippen LogP contribution in [0.1, 0.15) is 63.9 Å². The van der Waals surface area contributed by atoms with Gasteiger partial charge in [-0.25, -0.2) is 19.0 Å². The molecule has 0 N–H and O–H groups in total. The number of fused-ring (bicyclic) bond motifs is 1. The van der Waals surface area contributed by atoms with Gasteiger partial charge in [0.25, 0.3) is 0 Å². The molecule has 0 spiro atoms. The lowest BCUT2D eigenvalue weighted by Gasteiger charge is -2.36. The van der Waals surface area contributed by atoms with Crippen LogP contribution in [0.15, 0.2) is 24.3 Å². The van der Waals surface area contributed by atoms with Gasteiger partial charge in [0, 0.05) is 39.0 Å². The van der Waals surface area contributed by atoms with Crippen LogP contribution < -0.4 is 4.90 Å². The molecule has 0 unspecified atom stereocenters. The third kappa shape index (κ3) is 5.21. The van der Waals surface area contributed by atoms with Gasteiger partial charge in [0.15, 0.2) is 5.65 Å². The van der Waals surface area contributed by atoms with Gasteiger partial charge in [-0.15, -0.1) is 0 Å². The molecule has 0 aliphatic carbocycles. The van der Waals surface area contributed by atoms with E-state index in [1.165, 1.54) is 12.1 Å². The summed E-state index contributed by atoms with van der Waals surface area (Å²) in [4.78, 5) is 26.7. The van der Waals surface area contributed by atoms with Crippen molar-refractivity contribution in [3.8, 4) is 5.69 Å². The van der Waals surface area contributed by atoms with E-state index in [0.29, 0.717) is 19.5 Å². The van der Waals surface area contributed by atoms with Gasteiger partial charge in [0.05, 0.1) is 16.8 Å². The minimum Gasteiger partial charge on any atom is -0.352 e. The van der Waals surface area contributed by atoms with Crippen LogP contribution in [0.4, 0.5) is 10.2 Å². The van der Waals surface area contributed by atoms with Crippen LogP contribution in [-0.2, 0) is 11.2 Å². The number of benzene rings is 1. The Hall–Kier alpha value is -3.03.